The lowest BCUT2D eigenvalue weighted by Crippen LogP contribution is -2.20. The maximum Gasteiger partial charge on any atom is 0.303 e. The SMILES string of the molecule is CCCC(C)C(O)C=C[C@H]1CC[C@H](O)[C@@H]1CCCCC(C)(C)CC(=O)O. The normalized spacial score (nSPS) is 26.3. The number of unbranched alkanes of at least 4 members (excludes halogenated alkanes) is 1. The van der Waals surface area contributed by atoms with Crippen LogP contribution in [-0.2, 0) is 4.79 Å². The van der Waals surface area contributed by atoms with E-state index in [1.54, 1.807) is 0 Å². The largest absolute Gasteiger partial charge is 0.481 e. The number of allylic oxidation sites excluding steroid dienone is 1. The number of hydrogen-bond acceptors (Lipinski definition) is 3. The summed E-state index contributed by atoms with van der Waals surface area (Å²) in [5.41, 5.74) is -0.168. The van der Waals surface area contributed by atoms with Gasteiger partial charge in [0.1, 0.15) is 0 Å². The predicted octanol–water partition coefficient (Wildman–Crippen LogP) is 4.79. The van der Waals surface area contributed by atoms with Gasteiger partial charge < -0.3 is 15.3 Å². The fourth-order valence-corrected chi connectivity index (χ4v) is 4.28. The molecule has 3 N–H and O–H groups in total. The number of carbonyl (C=O) groups is 1. The zero-order valence-electron chi connectivity index (χ0n) is 17.2. The van der Waals surface area contributed by atoms with Crippen molar-refractivity contribution in [2.24, 2.45) is 23.2 Å². The number of carboxylic acid groups (broad SMARTS) is 1. The molecule has 1 aliphatic rings. The molecule has 0 saturated heterocycles. The van der Waals surface area contributed by atoms with E-state index in [-0.39, 0.29) is 29.8 Å². The highest BCUT2D eigenvalue weighted by Crippen LogP contribution is 2.37. The van der Waals surface area contributed by atoms with Gasteiger partial charge in [-0.2, -0.15) is 0 Å². The summed E-state index contributed by atoms with van der Waals surface area (Å²) in [4.78, 5) is 10.9. The maximum absolute atomic E-state index is 10.9. The van der Waals surface area contributed by atoms with E-state index >= 15 is 0 Å². The summed E-state index contributed by atoms with van der Waals surface area (Å²) < 4.78 is 0. The van der Waals surface area contributed by atoms with Crippen LogP contribution in [0, 0.1) is 23.2 Å². The van der Waals surface area contributed by atoms with Gasteiger partial charge in [-0.3, -0.25) is 4.79 Å². The first-order valence-electron chi connectivity index (χ1n) is 10.4. The van der Waals surface area contributed by atoms with Gasteiger partial charge in [0.2, 0.25) is 0 Å². The molecule has 1 rings (SSSR count). The Morgan fingerprint density at radius 3 is 2.58 bits per heavy atom. The van der Waals surface area contributed by atoms with Crippen LogP contribution < -0.4 is 0 Å². The van der Waals surface area contributed by atoms with Crippen molar-refractivity contribution in [2.45, 2.75) is 97.7 Å². The first kappa shape index (κ1) is 23.2. The molecule has 26 heavy (non-hydrogen) atoms. The molecule has 1 aliphatic carbocycles. The first-order chi connectivity index (χ1) is 12.2. The van der Waals surface area contributed by atoms with E-state index in [2.05, 4.69) is 19.9 Å². The highest BCUT2D eigenvalue weighted by molar-refractivity contribution is 5.67. The van der Waals surface area contributed by atoms with E-state index in [9.17, 15) is 15.0 Å². The van der Waals surface area contributed by atoms with Crippen LogP contribution in [0.5, 0.6) is 0 Å². The maximum atomic E-state index is 10.9. The van der Waals surface area contributed by atoms with Gasteiger partial charge >= 0.3 is 5.97 Å². The van der Waals surface area contributed by atoms with E-state index in [4.69, 9.17) is 5.11 Å². The van der Waals surface area contributed by atoms with E-state index in [0.717, 1.165) is 51.4 Å². The van der Waals surface area contributed by atoms with Crippen LogP contribution >= 0.6 is 0 Å². The lowest BCUT2D eigenvalue weighted by molar-refractivity contribution is -0.139. The molecule has 0 aromatic rings. The fourth-order valence-electron chi connectivity index (χ4n) is 4.28. The quantitative estimate of drug-likeness (QED) is 0.342. The minimum Gasteiger partial charge on any atom is -0.481 e. The molecule has 0 radical (unpaired) electrons. The average molecular weight is 369 g/mol. The molecule has 4 nitrogen and oxygen atoms in total. The molecule has 2 unspecified atom stereocenters. The molecule has 1 saturated carbocycles. The van der Waals surface area contributed by atoms with Crippen molar-refractivity contribution >= 4 is 5.97 Å². The summed E-state index contributed by atoms with van der Waals surface area (Å²) in [6, 6.07) is 0. The molecule has 0 heterocycles. The summed E-state index contributed by atoms with van der Waals surface area (Å²) in [6.07, 6.45) is 11.4. The lowest BCUT2D eigenvalue weighted by Gasteiger charge is -2.24. The van der Waals surface area contributed by atoms with Gasteiger partial charge in [0, 0.05) is 0 Å². The minimum absolute atomic E-state index is 0.168. The Balaban J connectivity index is 2.45. The molecule has 0 aromatic carbocycles. The van der Waals surface area contributed by atoms with Crippen LogP contribution in [0.2, 0.25) is 0 Å². The number of aliphatic hydroxyl groups is 2. The summed E-state index contributed by atoms with van der Waals surface area (Å²) in [5, 5.41) is 29.5. The van der Waals surface area contributed by atoms with Crippen molar-refractivity contribution in [1.82, 2.24) is 0 Å². The molecule has 1 fully saturated rings. The van der Waals surface area contributed by atoms with Gasteiger partial charge in [-0.05, 0) is 55.3 Å². The standard InChI is InChI=1S/C22H40O4/c1-5-8-16(2)19(23)12-10-17-11-13-20(24)18(17)9-6-7-14-22(3,4)15-21(25)26/h10,12,16-20,23-24H,5-9,11,13-15H2,1-4H3,(H,25,26)/t16?,17-,18+,19?,20-/m0/s1. The van der Waals surface area contributed by atoms with Crippen molar-refractivity contribution in [2.75, 3.05) is 0 Å². The molecule has 0 amide bonds. The molecule has 0 bridgehead atoms. The monoisotopic (exact) mass is 368 g/mol. The lowest BCUT2D eigenvalue weighted by atomic mass is 9.82. The molecular formula is C22H40O4. The third-order valence-corrected chi connectivity index (χ3v) is 5.99. The van der Waals surface area contributed by atoms with Gasteiger partial charge in [0.15, 0.2) is 0 Å². The highest BCUT2D eigenvalue weighted by atomic mass is 16.4. The molecule has 0 aliphatic heterocycles. The molecule has 0 spiro atoms. The van der Waals surface area contributed by atoms with Crippen LogP contribution in [0.3, 0.4) is 0 Å². The fraction of sp³-hybridized carbons (Fsp3) is 0.864. The van der Waals surface area contributed by atoms with Gasteiger partial charge in [0.25, 0.3) is 0 Å². The first-order valence-corrected chi connectivity index (χ1v) is 10.4. The van der Waals surface area contributed by atoms with Gasteiger partial charge in [-0.1, -0.05) is 59.1 Å². The number of hydrogen-bond donors (Lipinski definition) is 3. The van der Waals surface area contributed by atoms with Crippen LogP contribution in [0.4, 0.5) is 0 Å². The number of aliphatic carboxylic acids is 1. The summed E-state index contributed by atoms with van der Waals surface area (Å²) in [5.74, 6) is 0.155. The van der Waals surface area contributed by atoms with Crippen molar-refractivity contribution in [1.29, 1.82) is 0 Å². The van der Waals surface area contributed by atoms with Crippen molar-refractivity contribution in [3.63, 3.8) is 0 Å². The van der Waals surface area contributed by atoms with E-state index in [0.29, 0.717) is 5.92 Å². The Hall–Kier alpha value is -0.870. The molecule has 4 heteroatoms. The topological polar surface area (TPSA) is 77.8 Å². The van der Waals surface area contributed by atoms with Crippen LogP contribution in [-0.4, -0.2) is 33.5 Å². The van der Waals surface area contributed by atoms with Crippen molar-refractivity contribution < 1.29 is 20.1 Å². The van der Waals surface area contributed by atoms with Gasteiger partial charge in [-0.15, -0.1) is 0 Å². The summed E-state index contributed by atoms with van der Waals surface area (Å²) in [7, 11) is 0. The third kappa shape index (κ3) is 8.22. The van der Waals surface area contributed by atoms with Crippen LogP contribution in [0.15, 0.2) is 12.2 Å². The minimum atomic E-state index is -0.734. The Morgan fingerprint density at radius 2 is 1.96 bits per heavy atom. The predicted molar refractivity (Wildman–Crippen MR) is 106 cm³/mol. The second kappa shape index (κ2) is 11.1. The second-order valence-corrected chi connectivity index (χ2v) is 9.09. The van der Waals surface area contributed by atoms with Gasteiger partial charge in [0.05, 0.1) is 18.6 Å². The molecular weight excluding hydrogens is 328 g/mol. The molecule has 5 atom stereocenters. The smallest absolute Gasteiger partial charge is 0.303 e. The Morgan fingerprint density at radius 1 is 1.27 bits per heavy atom. The Bertz CT molecular complexity index is 443. The average Bonchev–Trinajstić information content (AvgIpc) is 2.88. The zero-order chi connectivity index (χ0) is 19.7. The van der Waals surface area contributed by atoms with E-state index in [1.165, 1.54) is 0 Å². The Kier molecular flexibility index (Phi) is 9.88. The second-order valence-electron chi connectivity index (χ2n) is 9.09. The summed E-state index contributed by atoms with van der Waals surface area (Å²) in [6.45, 7) is 8.23. The third-order valence-electron chi connectivity index (χ3n) is 5.99. The number of rotatable bonds is 12. The Labute approximate surface area is 159 Å². The van der Waals surface area contributed by atoms with Crippen LogP contribution in [0.25, 0.3) is 0 Å². The molecule has 152 valence electrons. The van der Waals surface area contributed by atoms with Crippen LogP contribution in [0.1, 0.15) is 85.5 Å². The number of aliphatic hydroxyl groups excluding tert-OH is 2. The summed E-state index contributed by atoms with van der Waals surface area (Å²) >= 11 is 0. The number of carboxylic acids is 1. The van der Waals surface area contributed by atoms with E-state index < -0.39 is 12.1 Å². The molecule has 0 aromatic heterocycles. The van der Waals surface area contributed by atoms with Crippen molar-refractivity contribution in [3.8, 4) is 0 Å². The van der Waals surface area contributed by atoms with Crippen molar-refractivity contribution in [3.05, 3.63) is 12.2 Å². The van der Waals surface area contributed by atoms with E-state index in [1.807, 2.05) is 19.9 Å². The van der Waals surface area contributed by atoms with Gasteiger partial charge in [-0.25, -0.2) is 0 Å². The highest BCUT2D eigenvalue weighted by Gasteiger charge is 2.33. The zero-order valence-corrected chi connectivity index (χ0v) is 17.2.